The van der Waals surface area contributed by atoms with Crippen molar-refractivity contribution in [3.63, 3.8) is 0 Å². The molecule has 9 heteroatoms. The highest BCUT2D eigenvalue weighted by atomic mass is 127. The van der Waals surface area contributed by atoms with Crippen LogP contribution in [0, 0.1) is 3.57 Å². The van der Waals surface area contributed by atoms with Crippen LogP contribution in [-0.2, 0) is 11.4 Å². The predicted molar refractivity (Wildman–Crippen MR) is 129 cm³/mol. The Balaban J connectivity index is 1.86. The quantitative estimate of drug-likeness (QED) is 0.292. The minimum Gasteiger partial charge on any atom is -0.493 e. The molecule has 1 fully saturated rings. The summed E-state index contributed by atoms with van der Waals surface area (Å²) in [6, 6.07) is 3.47. The number of amides is 1. The molecule has 5 N–H and O–H groups in total. The lowest BCUT2D eigenvalue weighted by atomic mass is 9.87. The average Bonchev–Trinajstić information content (AvgIpc) is 2.81. The van der Waals surface area contributed by atoms with Crippen molar-refractivity contribution in [2.45, 2.75) is 69.4 Å². The summed E-state index contributed by atoms with van der Waals surface area (Å²) in [6.07, 6.45) is 6.08. The van der Waals surface area contributed by atoms with Crippen molar-refractivity contribution in [2.75, 3.05) is 20.3 Å². The first-order chi connectivity index (χ1) is 15.5. The number of aliphatic hydroxyl groups is 3. The number of nitrogens with one attached hydrogen (secondary N) is 2. The molecule has 8 nitrogen and oxygen atoms in total. The van der Waals surface area contributed by atoms with E-state index >= 15 is 0 Å². The van der Waals surface area contributed by atoms with Gasteiger partial charge in [-0.25, -0.2) is 0 Å². The summed E-state index contributed by atoms with van der Waals surface area (Å²) in [6.45, 7) is -0.0988. The predicted octanol–water partition coefficient (Wildman–Crippen LogP) is 1.63. The van der Waals surface area contributed by atoms with Crippen LogP contribution in [0.4, 0.5) is 0 Å². The Labute approximate surface area is 202 Å². The summed E-state index contributed by atoms with van der Waals surface area (Å²) in [5.41, 5.74) is 1.21. The second-order valence-corrected chi connectivity index (χ2v) is 9.49. The number of hydrogen-bond donors (Lipinski definition) is 5. The molecule has 2 aliphatic rings. The van der Waals surface area contributed by atoms with Gasteiger partial charge in [0.05, 0.1) is 23.9 Å². The molecule has 0 heterocycles. The van der Waals surface area contributed by atoms with E-state index in [2.05, 4.69) is 33.2 Å². The highest BCUT2D eigenvalue weighted by molar-refractivity contribution is 14.1. The molecule has 0 saturated heterocycles. The first kappa shape index (κ1) is 25.2. The van der Waals surface area contributed by atoms with Gasteiger partial charge in [0.1, 0.15) is 12.2 Å². The lowest BCUT2D eigenvalue weighted by Gasteiger charge is -2.37. The fourth-order valence-corrected chi connectivity index (χ4v) is 5.14. The topological polar surface area (TPSA) is 120 Å². The fourth-order valence-electron chi connectivity index (χ4n) is 4.35. The molecule has 2 aliphatic carbocycles. The summed E-state index contributed by atoms with van der Waals surface area (Å²) >= 11 is 2.11. The maximum absolute atomic E-state index is 12.7. The molecule has 0 aliphatic heterocycles. The molecule has 3 unspecified atom stereocenters. The zero-order chi connectivity index (χ0) is 23.1. The lowest BCUT2D eigenvalue weighted by molar-refractivity contribution is -0.118. The molecule has 0 bridgehead atoms. The molecule has 3 rings (SSSR count). The number of carbonyl (C=O) groups excluding carboxylic acids is 1. The molecule has 32 heavy (non-hydrogen) atoms. The summed E-state index contributed by atoms with van der Waals surface area (Å²) in [4.78, 5) is 12.7. The van der Waals surface area contributed by atoms with Gasteiger partial charge in [-0.2, -0.15) is 0 Å². The van der Waals surface area contributed by atoms with Gasteiger partial charge in [-0.05, 0) is 65.6 Å². The Morgan fingerprint density at radius 2 is 1.97 bits per heavy atom. The molecule has 1 saturated carbocycles. The smallest absolute Gasteiger partial charge is 0.247 e. The third kappa shape index (κ3) is 6.34. The molecule has 0 radical (unpaired) electrons. The summed E-state index contributed by atoms with van der Waals surface area (Å²) in [7, 11) is 1.52. The SMILES string of the molecule is COc1cc(CO)cc(I)c1OC1C=C(C(=O)NCCO)CC(NC2CCCCC2)C1O. The van der Waals surface area contributed by atoms with E-state index in [9.17, 15) is 15.0 Å². The number of halogens is 1. The van der Waals surface area contributed by atoms with E-state index in [-0.39, 0.29) is 31.7 Å². The van der Waals surface area contributed by atoms with Gasteiger partial charge < -0.3 is 35.4 Å². The molecule has 1 amide bonds. The van der Waals surface area contributed by atoms with Crippen LogP contribution in [0.2, 0.25) is 0 Å². The Kier molecular flexibility index (Phi) is 9.60. The molecular formula is C23H33IN2O6. The van der Waals surface area contributed by atoms with Gasteiger partial charge >= 0.3 is 0 Å². The molecule has 1 aromatic carbocycles. The molecule has 178 valence electrons. The zero-order valence-electron chi connectivity index (χ0n) is 18.3. The largest absolute Gasteiger partial charge is 0.493 e. The standard InChI is InChI=1S/C23H33IN2O6/c1-31-20-10-14(13-28)9-17(24)22(20)32-19-12-15(23(30)25-7-8-27)11-18(21(19)29)26-16-5-3-2-4-6-16/h9-10,12,16,18-19,21,26-29H,2-8,11,13H2,1H3,(H,25,30). The Morgan fingerprint density at radius 1 is 1.22 bits per heavy atom. The maximum atomic E-state index is 12.7. The van der Waals surface area contributed by atoms with Gasteiger partial charge in [0.15, 0.2) is 11.5 Å². The van der Waals surface area contributed by atoms with Gasteiger partial charge in [-0.15, -0.1) is 0 Å². The molecule has 3 atom stereocenters. The van der Waals surface area contributed by atoms with Crippen LogP contribution in [0.15, 0.2) is 23.8 Å². The second kappa shape index (κ2) is 12.2. The van der Waals surface area contributed by atoms with Crippen molar-refractivity contribution >= 4 is 28.5 Å². The van der Waals surface area contributed by atoms with E-state index in [1.807, 2.05) is 0 Å². The van der Waals surface area contributed by atoms with Gasteiger partial charge in [0.2, 0.25) is 5.91 Å². The van der Waals surface area contributed by atoms with Crippen molar-refractivity contribution < 1.29 is 29.6 Å². The number of rotatable bonds is 9. The van der Waals surface area contributed by atoms with Crippen LogP contribution in [0.25, 0.3) is 0 Å². The third-order valence-electron chi connectivity index (χ3n) is 6.02. The van der Waals surface area contributed by atoms with E-state index in [0.717, 1.165) is 29.3 Å². The number of ether oxygens (including phenoxy) is 2. The second-order valence-electron chi connectivity index (χ2n) is 8.32. The van der Waals surface area contributed by atoms with E-state index in [1.54, 1.807) is 18.2 Å². The van der Waals surface area contributed by atoms with Gasteiger partial charge in [-0.3, -0.25) is 4.79 Å². The normalized spacial score (nSPS) is 24.0. The fraction of sp³-hybridized carbons (Fsp3) is 0.609. The lowest BCUT2D eigenvalue weighted by Crippen LogP contribution is -2.54. The van der Waals surface area contributed by atoms with Crippen LogP contribution in [0.3, 0.4) is 0 Å². The minimum atomic E-state index is -0.857. The van der Waals surface area contributed by atoms with Gasteiger partial charge in [-0.1, -0.05) is 19.3 Å². The van der Waals surface area contributed by atoms with Crippen LogP contribution < -0.4 is 20.1 Å². The number of aliphatic hydroxyl groups excluding tert-OH is 3. The summed E-state index contributed by atoms with van der Waals surface area (Å²) in [5.74, 6) is 0.640. The molecule has 1 aromatic rings. The average molecular weight is 560 g/mol. The number of carbonyl (C=O) groups is 1. The van der Waals surface area contributed by atoms with E-state index in [1.165, 1.54) is 13.5 Å². The highest BCUT2D eigenvalue weighted by Crippen LogP contribution is 2.36. The van der Waals surface area contributed by atoms with Gasteiger partial charge in [0.25, 0.3) is 0 Å². The van der Waals surface area contributed by atoms with E-state index in [4.69, 9.17) is 14.6 Å². The Morgan fingerprint density at radius 3 is 2.62 bits per heavy atom. The van der Waals surface area contributed by atoms with Gasteiger partial charge in [0, 0.05) is 24.2 Å². The monoisotopic (exact) mass is 560 g/mol. The van der Waals surface area contributed by atoms with Crippen molar-refractivity contribution in [1.82, 2.24) is 10.6 Å². The van der Waals surface area contributed by atoms with Crippen molar-refractivity contribution in [3.8, 4) is 11.5 Å². The van der Waals surface area contributed by atoms with E-state index < -0.39 is 12.2 Å². The van der Waals surface area contributed by atoms with Crippen LogP contribution in [0.5, 0.6) is 11.5 Å². The van der Waals surface area contributed by atoms with Crippen molar-refractivity contribution in [2.24, 2.45) is 0 Å². The van der Waals surface area contributed by atoms with Crippen molar-refractivity contribution in [1.29, 1.82) is 0 Å². The number of benzene rings is 1. The molecule has 0 spiro atoms. The van der Waals surface area contributed by atoms with Crippen LogP contribution in [0.1, 0.15) is 44.1 Å². The minimum absolute atomic E-state index is 0.124. The first-order valence-electron chi connectivity index (χ1n) is 11.1. The van der Waals surface area contributed by atoms with Crippen LogP contribution >= 0.6 is 22.6 Å². The van der Waals surface area contributed by atoms with Crippen molar-refractivity contribution in [3.05, 3.63) is 32.9 Å². The van der Waals surface area contributed by atoms with E-state index in [0.29, 0.717) is 35.1 Å². The number of hydrogen-bond acceptors (Lipinski definition) is 7. The Bertz CT molecular complexity index is 812. The molecule has 0 aromatic heterocycles. The summed E-state index contributed by atoms with van der Waals surface area (Å²) in [5, 5.41) is 36.0. The highest BCUT2D eigenvalue weighted by Gasteiger charge is 2.37. The third-order valence-corrected chi connectivity index (χ3v) is 6.83. The molecular weight excluding hydrogens is 527 g/mol. The number of methoxy groups -OCH3 is 1. The Hall–Kier alpha value is -1.40. The summed E-state index contributed by atoms with van der Waals surface area (Å²) < 4.78 is 12.4. The first-order valence-corrected chi connectivity index (χ1v) is 12.2. The zero-order valence-corrected chi connectivity index (χ0v) is 20.5. The van der Waals surface area contributed by atoms with Crippen LogP contribution in [-0.4, -0.2) is 65.8 Å². The maximum Gasteiger partial charge on any atom is 0.247 e.